The van der Waals surface area contributed by atoms with Gasteiger partial charge in [-0.15, -0.1) is 0 Å². The van der Waals surface area contributed by atoms with Crippen LogP contribution in [0.4, 0.5) is 5.69 Å². The van der Waals surface area contributed by atoms with Gasteiger partial charge in [0.05, 0.1) is 4.92 Å². The first kappa shape index (κ1) is 10.4. The van der Waals surface area contributed by atoms with Gasteiger partial charge in [-0.3, -0.25) is 10.1 Å². The van der Waals surface area contributed by atoms with Crippen LogP contribution in [0.3, 0.4) is 0 Å². The number of allylic oxidation sites excluding steroid dienone is 1. The molecular weight excluding hydrogens is 178 g/mol. The number of nitro groups is 1. The molecule has 0 N–H and O–H groups in total. The normalized spacial score (nSPS) is 9.86. The van der Waals surface area contributed by atoms with Crippen molar-refractivity contribution in [2.75, 3.05) is 0 Å². The van der Waals surface area contributed by atoms with E-state index in [9.17, 15) is 10.1 Å². The molecule has 3 heteroatoms. The Kier molecular flexibility index (Phi) is 3.02. The predicted octanol–water partition coefficient (Wildman–Crippen LogP) is 3.02. The molecule has 1 rings (SSSR count). The van der Waals surface area contributed by atoms with E-state index in [-0.39, 0.29) is 10.6 Å². The van der Waals surface area contributed by atoms with Crippen molar-refractivity contribution in [3.63, 3.8) is 0 Å². The molecule has 74 valence electrons. The van der Waals surface area contributed by atoms with E-state index in [0.717, 1.165) is 11.1 Å². The second kappa shape index (κ2) is 4.05. The van der Waals surface area contributed by atoms with Crippen molar-refractivity contribution >= 4 is 5.69 Å². The summed E-state index contributed by atoms with van der Waals surface area (Å²) in [6.07, 6.45) is 0.567. The van der Waals surface area contributed by atoms with Gasteiger partial charge in [0, 0.05) is 11.1 Å². The molecule has 0 heterocycles. The minimum Gasteiger partial charge on any atom is -0.258 e. The Morgan fingerprint density at radius 3 is 2.71 bits per heavy atom. The molecule has 0 aliphatic rings. The van der Waals surface area contributed by atoms with Gasteiger partial charge in [0.2, 0.25) is 0 Å². The number of hydrogen-bond donors (Lipinski definition) is 0. The maximum absolute atomic E-state index is 10.8. The Bertz CT molecular complexity index is 383. The Hall–Kier alpha value is -1.64. The van der Waals surface area contributed by atoms with E-state index in [1.165, 1.54) is 0 Å². The molecule has 0 aromatic heterocycles. The summed E-state index contributed by atoms with van der Waals surface area (Å²) in [5.41, 5.74) is 2.59. The van der Waals surface area contributed by atoms with Gasteiger partial charge >= 0.3 is 0 Å². The number of hydrogen-bond acceptors (Lipinski definition) is 2. The molecule has 0 fully saturated rings. The number of nitrogens with zero attached hydrogens (tertiary/aromatic N) is 1. The van der Waals surface area contributed by atoms with Gasteiger partial charge in [0.15, 0.2) is 0 Å². The van der Waals surface area contributed by atoms with Crippen molar-refractivity contribution in [3.05, 3.63) is 51.6 Å². The smallest absolute Gasteiger partial charge is 0.258 e. The first-order valence-electron chi connectivity index (χ1n) is 4.39. The standard InChI is InChI=1S/C11H13NO2/c1-8(2)7-10-6-4-5-9(3)11(10)12(13)14/h4-6H,1,7H2,2-3H3. The van der Waals surface area contributed by atoms with Crippen molar-refractivity contribution in [3.8, 4) is 0 Å². The first-order valence-corrected chi connectivity index (χ1v) is 4.39. The minimum absolute atomic E-state index is 0.218. The van der Waals surface area contributed by atoms with Crippen LogP contribution in [-0.4, -0.2) is 4.92 Å². The van der Waals surface area contributed by atoms with Crippen LogP contribution < -0.4 is 0 Å². The SMILES string of the molecule is C=C(C)Cc1cccc(C)c1[N+](=O)[O-]. The molecule has 0 radical (unpaired) electrons. The third-order valence-corrected chi connectivity index (χ3v) is 2.00. The van der Waals surface area contributed by atoms with Gasteiger partial charge in [-0.1, -0.05) is 30.4 Å². The van der Waals surface area contributed by atoms with Crippen LogP contribution in [0.15, 0.2) is 30.4 Å². The lowest BCUT2D eigenvalue weighted by Gasteiger charge is -2.04. The highest BCUT2D eigenvalue weighted by Gasteiger charge is 2.15. The summed E-state index contributed by atoms with van der Waals surface area (Å²) < 4.78 is 0. The maximum Gasteiger partial charge on any atom is 0.275 e. The largest absolute Gasteiger partial charge is 0.275 e. The van der Waals surface area contributed by atoms with Gasteiger partial charge < -0.3 is 0 Å². The number of rotatable bonds is 3. The number of nitro benzene ring substituents is 1. The van der Waals surface area contributed by atoms with Crippen LogP contribution >= 0.6 is 0 Å². The summed E-state index contributed by atoms with van der Waals surface area (Å²) in [4.78, 5) is 10.5. The average Bonchev–Trinajstić information content (AvgIpc) is 2.01. The van der Waals surface area contributed by atoms with Crippen molar-refractivity contribution in [2.24, 2.45) is 0 Å². The van der Waals surface area contributed by atoms with Crippen LogP contribution in [0.2, 0.25) is 0 Å². The lowest BCUT2D eigenvalue weighted by Crippen LogP contribution is -1.98. The molecule has 1 aromatic carbocycles. The van der Waals surface area contributed by atoms with E-state index < -0.39 is 0 Å². The van der Waals surface area contributed by atoms with Crippen molar-refractivity contribution in [1.82, 2.24) is 0 Å². The highest BCUT2D eigenvalue weighted by atomic mass is 16.6. The first-order chi connectivity index (χ1) is 6.52. The summed E-state index contributed by atoms with van der Waals surface area (Å²) in [6, 6.07) is 5.36. The monoisotopic (exact) mass is 191 g/mol. The highest BCUT2D eigenvalue weighted by molar-refractivity contribution is 5.48. The van der Waals surface area contributed by atoms with E-state index in [4.69, 9.17) is 0 Å². The van der Waals surface area contributed by atoms with Crippen molar-refractivity contribution < 1.29 is 4.92 Å². The lowest BCUT2D eigenvalue weighted by atomic mass is 10.0. The van der Waals surface area contributed by atoms with Gasteiger partial charge in [0.1, 0.15) is 0 Å². The summed E-state index contributed by atoms with van der Waals surface area (Å²) in [6.45, 7) is 7.38. The van der Waals surface area contributed by atoms with E-state index in [2.05, 4.69) is 6.58 Å². The molecule has 0 atom stereocenters. The van der Waals surface area contributed by atoms with E-state index >= 15 is 0 Å². The Balaban J connectivity index is 3.21. The molecule has 1 aromatic rings. The molecule has 0 saturated heterocycles. The number of para-hydroxylation sites is 1. The Morgan fingerprint density at radius 2 is 2.21 bits per heavy atom. The quantitative estimate of drug-likeness (QED) is 0.418. The van der Waals surface area contributed by atoms with E-state index in [0.29, 0.717) is 12.0 Å². The molecule has 0 amide bonds. The van der Waals surface area contributed by atoms with Gasteiger partial charge in [-0.25, -0.2) is 0 Å². The third-order valence-electron chi connectivity index (χ3n) is 2.00. The van der Waals surface area contributed by atoms with Crippen LogP contribution in [0, 0.1) is 17.0 Å². The summed E-state index contributed by atoms with van der Waals surface area (Å²) in [5.74, 6) is 0. The van der Waals surface area contributed by atoms with Crippen LogP contribution in [-0.2, 0) is 6.42 Å². The zero-order valence-electron chi connectivity index (χ0n) is 8.41. The molecule has 0 unspecified atom stereocenters. The van der Waals surface area contributed by atoms with Crippen molar-refractivity contribution in [2.45, 2.75) is 20.3 Å². The molecule has 0 spiro atoms. The van der Waals surface area contributed by atoms with Crippen LogP contribution in [0.25, 0.3) is 0 Å². The number of benzene rings is 1. The molecule has 0 aliphatic heterocycles. The van der Waals surface area contributed by atoms with Gasteiger partial charge in [-0.05, 0) is 20.3 Å². The van der Waals surface area contributed by atoms with Crippen LogP contribution in [0.1, 0.15) is 18.1 Å². The third kappa shape index (κ3) is 2.19. The molecule has 0 aliphatic carbocycles. The molecule has 14 heavy (non-hydrogen) atoms. The van der Waals surface area contributed by atoms with E-state index in [1.807, 2.05) is 13.0 Å². The summed E-state index contributed by atoms with van der Waals surface area (Å²) in [5, 5.41) is 10.8. The lowest BCUT2D eigenvalue weighted by molar-refractivity contribution is -0.386. The fourth-order valence-electron chi connectivity index (χ4n) is 1.45. The average molecular weight is 191 g/mol. The molecular formula is C11H13NO2. The fourth-order valence-corrected chi connectivity index (χ4v) is 1.45. The molecule has 0 saturated carbocycles. The fraction of sp³-hybridized carbons (Fsp3) is 0.273. The minimum atomic E-state index is -0.326. The highest BCUT2D eigenvalue weighted by Crippen LogP contribution is 2.24. The van der Waals surface area contributed by atoms with Gasteiger partial charge in [0.25, 0.3) is 5.69 Å². The second-order valence-corrected chi connectivity index (χ2v) is 3.47. The topological polar surface area (TPSA) is 43.1 Å². The maximum atomic E-state index is 10.8. The van der Waals surface area contributed by atoms with Gasteiger partial charge in [-0.2, -0.15) is 0 Å². The zero-order chi connectivity index (χ0) is 10.7. The summed E-state index contributed by atoms with van der Waals surface area (Å²) >= 11 is 0. The molecule has 0 bridgehead atoms. The van der Waals surface area contributed by atoms with Crippen LogP contribution in [0.5, 0.6) is 0 Å². The summed E-state index contributed by atoms with van der Waals surface area (Å²) in [7, 11) is 0. The van der Waals surface area contributed by atoms with E-state index in [1.54, 1.807) is 19.1 Å². The Morgan fingerprint density at radius 1 is 1.57 bits per heavy atom. The molecule has 3 nitrogen and oxygen atoms in total. The zero-order valence-corrected chi connectivity index (χ0v) is 8.41. The number of aryl methyl sites for hydroxylation is 1. The second-order valence-electron chi connectivity index (χ2n) is 3.47. The van der Waals surface area contributed by atoms with Crippen molar-refractivity contribution in [1.29, 1.82) is 0 Å². The Labute approximate surface area is 83.2 Å². The predicted molar refractivity (Wildman–Crippen MR) is 56.4 cm³/mol.